The molecular formula is C18H18BrNO5. The van der Waals surface area contributed by atoms with Crippen LogP contribution in [0.1, 0.15) is 17.3 Å². The van der Waals surface area contributed by atoms with Crippen molar-refractivity contribution in [1.29, 1.82) is 0 Å². The molecule has 2 aromatic rings. The normalized spacial score (nSPS) is 11.4. The van der Waals surface area contributed by atoms with Gasteiger partial charge in [-0.15, -0.1) is 0 Å². The summed E-state index contributed by atoms with van der Waals surface area (Å²) in [4.78, 5) is 23.8. The number of benzene rings is 2. The summed E-state index contributed by atoms with van der Waals surface area (Å²) >= 11 is 3.34. The highest BCUT2D eigenvalue weighted by Gasteiger charge is 2.18. The summed E-state index contributed by atoms with van der Waals surface area (Å²) < 4.78 is 16.5. The number of carbonyl (C=O) groups is 2. The molecule has 0 spiro atoms. The summed E-state index contributed by atoms with van der Waals surface area (Å²) in [5.74, 6) is -0.0906. The van der Waals surface area contributed by atoms with Crippen LogP contribution in [-0.2, 0) is 9.53 Å². The van der Waals surface area contributed by atoms with Gasteiger partial charge in [0.15, 0.2) is 17.6 Å². The van der Waals surface area contributed by atoms with E-state index >= 15 is 0 Å². The first-order valence-corrected chi connectivity index (χ1v) is 8.23. The number of carbonyl (C=O) groups excluding carboxylic acids is 2. The quantitative estimate of drug-likeness (QED) is 0.739. The van der Waals surface area contributed by atoms with Crippen LogP contribution in [0.15, 0.2) is 46.9 Å². The van der Waals surface area contributed by atoms with Crippen LogP contribution >= 0.6 is 15.9 Å². The lowest BCUT2D eigenvalue weighted by Crippen LogP contribution is -2.30. The van der Waals surface area contributed by atoms with Crippen LogP contribution in [-0.4, -0.2) is 32.2 Å². The zero-order chi connectivity index (χ0) is 18.4. The van der Waals surface area contributed by atoms with Crippen molar-refractivity contribution in [2.75, 3.05) is 19.5 Å². The molecule has 0 aliphatic rings. The Morgan fingerprint density at radius 1 is 1.04 bits per heavy atom. The number of methoxy groups -OCH3 is 2. The van der Waals surface area contributed by atoms with Crippen molar-refractivity contribution in [2.24, 2.45) is 0 Å². The summed E-state index contributed by atoms with van der Waals surface area (Å²) in [7, 11) is 2.75. The van der Waals surface area contributed by atoms with Gasteiger partial charge in [-0.3, -0.25) is 4.79 Å². The third-order valence-electron chi connectivity index (χ3n) is 3.37. The number of nitrogens with one attached hydrogen (secondary N) is 1. The smallest absolute Gasteiger partial charge is 0.337 e. The highest BCUT2D eigenvalue weighted by Crippen LogP contribution is 2.29. The summed E-state index contributed by atoms with van der Waals surface area (Å²) in [6, 6.07) is 11.8. The molecule has 0 fully saturated rings. The topological polar surface area (TPSA) is 73.9 Å². The lowest BCUT2D eigenvalue weighted by Gasteiger charge is -2.17. The van der Waals surface area contributed by atoms with Crippen LogP contribution in [0, 0.1) is 0 Å². The molecule has 0 heterocycles. The summed E-state index contributed by atoms with van der Waals surface area (Å²) in [5, 5.41) is 2.77. The van der Waals surface area contributed by atoms with Gasteiger partial charge in [-0.1, -0.05) is 15.9 Å². The van der Waals surface area contributed by atoms with Crippen LogP contribution in [0.25, 0.3) is 0 Å². The minimum absolute atomic E-state index is 0.304. The summed E-state index contributed by atoms with van der Waals surface area (Å²) in [6.45, 7) is 1.63. The van der Waals surface area contributed by atoms with Gasteiger partial charge in [-0.25, -0.2) is 4.79 Å². The van der Waals surface area contributed by atoms with Gasteiger partial charge >= 0.3 is 5.97 Å². The average Bonchev–Trinajstić information content (AvgIpc) is 2.63. The van der Waals surface area contributed by atoms with Gasteiger partial charge in [0.25, 0.3) is 5.91 Å². The Bertz CT molecular complexity index is 761. The Kier molecular flexibility index (Phi) is 6.41. The molecule has 0 saturated heterocycles. The molecule has 0 radical (unpaired) electrons. The number of esters is 1. The first kappa shape index (κ1) is 18.8. The lowest BCUT2D eigenvalue weighted by molar-refractivity contribution is -0.122. The molecule has 0 aromatic heterocycles. The van der Waals surface area contributed by atoms with Crippen LogP contribution in [0.3, 0.4) is 0 Å². The van der Waals surface area contributed by atoms with Gasteiger partial charge in [0.05, 0.1) is 19.8 Å². The highest BCUT2D eigenvalue weighted by atomic mass is 79.9. The standard InChI is InChI=1S/C18H18BrNO5/c1-11(17(21)20-14-7-5-13(19)6-8-14)25-15-9-4-12(18(22)24-3)10-16(15)23-2/h4-11H,1-3H3,(H,20,21)/t11-/m0/s1. The largest absolute Gasteiger partial charge is 0.493 e. The van der Waals surface area contributed by atoms with E-state index in [1.165, 1.54) is 20.3 Å². The number of amides is 1. The molecule has 0 aliphatic carbocycles. The summed E-state index contributed by atoms with van der Waals surface area (Å²) in [6.07, 6.45) is -0.762. The van der Waals surface area contributed by atoms with E-state index in [-0.39, 0.29) is 5.91 Å². The van der Waals surface area contributed by atoms with Crippen molar-refractivity contribution >= 4 is 33.5 Å². The van der Waals surface area contributed by atoms with E-state index in [1.807, 2.05) is 12.1 Å². The Labute approximate surface area is 154 Å². The maximum Gasteiger partial charge on any atom is 0.337 e. The molecule has 25 heavy (non-hydrogen) atoms. The van der Waals surface area contributed by atoms with Crippen molar-refractivity contribution in [3.05, 3.63) is 52.5 Å². The van der Waals surface area contributed by atoms with Gasteiger partial charge < -0.3 is 19.5 Å². The molecular weight excluding hydrogens is 390 g/mol. The minimum atomic E-state index is -0.762. The SMILES string of the molecule is COC(=O)c1ccc(O[C@@H](C)C(=O)Nc2ccc(Br)cc2)c(OC)c1. The predicted molar refractivity (Wildman–Crippen MR) is 97.2 cm³/mol. The van der Waals surface area contributed by atoms with Crippen LogP contribution in [0.5, 0.6) is 11.5 Å². The van der Waals surface area contributed by atoms with E-state index in [0.29, 0.717) is 22.7 Å². The Morgan fingerprint density at radius 2 is 1.72 bits per heavy atom. The van der Waals surface area contributed by atoms with Crippen molar-refractivity contribution in [1.82, 2.24) is 0 Å². The Morgan fingerprint density at radius 3 is 2.32 bits per heavy atom. The molecule has 1 N–H and O–H groups in total. The van der Waals surface area contributed by atoms with E-state index in [1.54, 1.807) is 31.2 Å². The van der Waals surface area contributed by atoms with E-state index in [4.69, 9.17) is 9.47 Å². The molecule has 1 amide bonds. The average molecular weight is 408 g/mol. The number of ether oxygens (including phenoxy) is 3. The highest BCUT2D eigenvalue weighted by molar-refractivity contribution is 9.10. The maximum atomic E-state index is 12.3. The van der Waals surface area contributed by atoms with Gasteiger partial charge in [-0.05, 0) is 49.4 Å². The van der Waals surface area contributed by atoms with Crippen molar-refractivity contribution in [3.63, 3.8) is 0 Å². The maximum absolute atomic E-state index is 12.3. The second kappa shape index (κ2) is 8.53. The molecule has 0 unspecified atom stereocenters. The minimum Gasteiger partial charge on any atom is -0.493 e. The van der Waals surface area contributed by atoms with Crippen molar-refractivity contribution in [2.45, 2.75) is 13.0 Å². The first-order valence-electron chi connectivity index (χ1n) is 7.44. The van der Waals surface area contributed by atoms with Crippen LogP contribution < -0.4 is 14.8 Å². The van der Waals surface area contributed by atoms with Gasteiger partial charge in [0.1, 0.15) is 0 Å². The fourth-order valence-corrected chi connectivity index (χ4v) is 2.30. The molecule has 2 aromatic carbocycles. The van der Waals surface area contributed by atoms with Crippen molar-refractivity contribution in [3.8, 4) is 11.5 Å². The third-order valence-corrected chi connectivity index (χ3v) is 3.90. The Balaban J connectivity index is 2.08. The Hall–Kier alpha value is -2.54. The molecule has 132 valence electrons. The molecule has 2 rings (SSSR count). The number of hydrogen-bond acceptors (Lipinski definition) is 5. The number of hydrogen-bond donors (Lipinski definition) is 1. The molecule has 0 bridgehead atoms. The fourth-order valence-electron chi connectivity index (χ4n) is 2.03. The first-order chi connectivity index (χ1) is 11.9. The zero-order valence-corrected chi connectivity index (χ0v) is 15.6. The van der Waals surface area contributed by atoms with Gasteiger partial charge in [0.2, 0.25) is 0 Å². The van der Waals surface area contributed by atoms with Gasteiger partial charge in [0, 0.05) is 10.2 Å². The molecule has 1 atom stereocenters. The van der Waals surface area contributed by atoms with E-state index in [2.05, 4.69) is 26.0 Å². The fraction of sp³-hybridized carbons (Fsp3) is 0.222. The number of rotatable bonds is 6. The monoisotopic (exact) mass is 407 g/mol. The van der Waals surface area contributed by atoms with E-state index < -0.39 is 12.1 Å². The predicted octanol–water partition coefficient (Wildman–Crippen LogP) is 3.65. The number of anilines is 1. The number of halogens is 1. The zero-order valence-electron chi connectivity index (χ0n) is 14.0. The second-order valence-corrected chi connectivity index (χ2v) is 6.03. The third kappa shape index (κ3) is 4.96. The molecule has 7 heteroatoms. The molecule has 6 nitrogen and oxygen atoms in total. The molecule has 0 saturated carbocycles. The van der Waals surface area contributed by atoms with Crippen LogP contribution in [0.2, 0.25) is 0 Å². The van der Waals surface area contributed by atoms with E-state index in [9.17, 15) is 9.59 Å². The van der Waals surface area contributed by atoms with Crippen molar-refractivity contribution < 1.29 is 23.8 Å². The van der Waals surface area contributed by atoms with Crippen LogP contribution in [0.4, 0.5) is 5.69 Å². The second-order valence-electron chi connectivity index (χ2n) is 5.11. The van der Waals surface area contributed by atoms with E-state index in [0.717, 1.165) is 4.47 Å². The molecule has 0 aliphatic heterocycles. The summed E-state index contributed by atoms with van der Waals surface area (Å²) in [5.41, 5.74) is 0.996. The van der Waals surface area contributed by atoms with Gasteiger partial charge in [-0.2, -0.15) is 0 Å². The lowest BCUT2D eigenvalue weighted by atomic mass is 10.2.